The molecule has 0 heterocycles. The lowest BCUT2D eigenvalue weighted by Crippen LogP contribution is -2.30. The van der Waals surface area contributed by atoms with E-state index in [0.29, 0.717) is 25.7 Å². The van der Waals surface area contributed by atoms with Crippen molar-refractivity contribution in [1.29, 1.82) is 0 Å². The maximum atomic E-state index is 13.1. The molecule has 0 saturated carbocycles. The Morgan fingerprint density at radius 1 is 0.274 bits per heavy atom. The van der Waals surface area contributed by atoms with Crippen LogP contribution in [-0.4, -0.2) is 96.7 Å². The zero-order chi connectivity index (χ0) is 77.4. The number of carbonyl (C=O) groups is 4. The molecule has 0 rings (SSSR count). The van der Waals surface area contributed by atoms with Gasteiger partial charge in [0.2, 0.25) is 0 Å². The van der Waals surface area contributed by atoms with Gasteiger partial charge in [0.25, 0.3) is 0 Å². The van der Waals surface area contributed by atoms with Gasteiger partial charge in [-0.1, -0.05) is 283 Å². The van der Waals surface area contributed by atoms with E-state index in [0.717, 1.165) is 205 Å². The molecular formula is C87H146O17P2. The molecule has 106 heavy (non-hydrogen) atoms. The van der Waals surface area contributed by atoms with Gasteiger partial charge in [0.1, 0.15) is 19.3 Å². The number of unbranched alkanes of at least 4 members (excludes halogenated alkanes) is 26. The molecule has 0 aliphatic heterocycles. The summed E-state index contributed by atoms with van der Waals surface area (Å²) in [6.07, 6.45) is 89.6. The van der Waals surface area contributed by atoms with Crippen molar-refractivity contribution in [1.82, 2.24) is 0 Å². The van der Waals surface area contributed by atoms with Crippen LogP contribution < -0.4 is 0 Å². The second kappa shape index (κ2) is 78.1. The number of esters is 4. The summed E-state index contributed by atoms with van der Waals surface area (Å²) in [6, 6.07) is 0. The Balaban J connectivity index is 5.42. The maximum Gasteiger partial charge on any atom is 0.472 e. The summed E-state index contributed by atoms with van der Waals surface area (Å²) in [4.78, 5) is 73.1. The molecule has 0 spiro atoms. The van der Waals surface area contributed by atoms with Crippen LogP contribution in [0.25, 0.3) is 0 Å². The summed E-state index contributed by atoms with van der Waals surface area (Å²) >= 11 is 0. The minimum absolute atomic E-state index is 0.0689. The first kappa shape index (κ1) is 101. The van der Waals surface area contributed by atoms with Crippen LogP contribution in [0, 0.1) is 0 Å². The molecule has 0 radical (unpaired) electrons. The van der Waals surface area contributed by atoms with Gasteiger partial charge < -0.3 is 33.8 Å². The third kappa shape index (κ3) is 77.1. The van der Waals surface area contributed by atoms with Crippen molar-refractivity contribution in [3.8, 4) is 0 Å². The molecule has 0 saturated heterocycles. The first-order valence-corrected chi connectivity index (χ1v) is 44.1. The number of phosphoric ester groups is 2. The van der Waals surface area contributed by atoms with Crippen molar-refractivity contribution in [2.45, 2.75) is 341 Å². The Morgan fingerprint density at radius 3 is 0.774 bits per heavy atom. The lowest BCUT2D eigenvalue weighted by molar-refractivity contribution is -0.161. The van der Waals surface area contributed by atoms with Crippen LogP contribution in [-0.2, 0) is 65.4 Å². The van der Waals surface area contributed by atoms with E-state index in [4.69, 9.17) is 37.0 Å². The monoisotopic (exact) mass is 1530 g/mol. The normalized spacial score (nSPS) is 14.6. The van der Waals surface area contributed by atoms with E-state index >= 15 is 0 Å². The Bertz CT molecular complexity index is 2580. The lowest BCUT2D eigenvalue weighted by atomic mass is 10.1. The quantitative estimate of drug-likeness (QED) is 0.0169. The SMILES string of the molecule is CC/C=C\C/C=C\C/C=C\C/C=C\C/C=C\CCCCCC(=O)OCC(COP(=O)(O)OCC(O)COP(=O)(O)OCC(COC(=O)CCCCCCCCC/C=C\C/C=C\C/C=C\CC)OC(=O)CCCCCCC/C=C\C/C=C\C/C=C\CC)OC(=O)CCCCCCC/C=C\CCCCCCCC. The molecule has 0 fully saturated rings. The molecule has 0 aromatic rings. The van der Waals surface area contributed by atoms with Gasteiger partial charge >= 0.3 is 39.5 Å². The fourth-order valence-corrected chi connectivity index (χ4v) is 12.2. The van der Waals surface area contributed by atoms with Crippen molar-refractivity contribution in [2.24, 2.45) is 0 Å². The van der Waals surface area contributed by atoms with Gasteiger partial charge in [-0.15, -0.1) is 0 Å². The Hall–Kier alpha value is -5.06. The minimum atomic E-state index is -4.99. The molecule has 0 aliphatic rings. The van der Waals surface area contributed by atoms with E-state index in [1.165, 1.54) is 38.5 Å². The zero-order valence-electron chi connectivity index (χ0n) is 66.3. The molecule has 0 aliphatic carbocycles. The number of aliphatic hydroxyl groups excluding tert-OH is 1. The molecule has 0 aromatic carbocycles. The maximum absolute atomic E-state index is 13.1. The van der Waals surface area contributed by atoms with Crippen LogP contribution >= 0.6 is 15.6 Å². The van der Waals surface area contributed by atoms with Gasteiger partial charge in [0.05, 0.1) is 26.4 Å². The summed E-state index contributed by atoms with van der Waals surface area (Å²) in [5.74, 6) is -2.25. The molecule has 5 atom stereocenters. The van der Waals surface area contributed by atoms with Crippen LogP contribution in [0.15, 0.2) is 146 Å². The second-order valence-corrected chi connectivity index (χ2v) is 29.8. The van der Waals surface area contributed by atoms with Crippen LogP contribution in [0.1, 0.15) is 323 Å². The van der Waals surface area contributed by atoms with Crippen LogP contribution in [0.4, 0.5) is 0 Å². The largest absolute Gasteiger partial charge is 0.472 e. The highest BCUT2D eigenvalue weighted by molar-refractivity contribution is 7.47. The molecule has 606 valence electrons. The summed E-state index contributed by atoms with van der Waals surface area (Å²) in [7, 11) is -9.99. The van der Waals surface area contributed by atoms with Gasteiger partial charge in [0, 0.05) is 25.7 Å². The summed E-state index contributed by atoms with van der Waals surface area (Å²) in [5, 5.41) is 10.7. The number of hydrogen-bond donors (Lipinski definition) is 3. The minimum Gasteiger partial charge on any atom is -0.462 e. The van der Waals surface area contributed by atoms with Gasteiger partial charge in [-0.2, -0.15) is 0 Å². The number of rotatable bonds is 76. The topological polar surface area (TPSA) is 237 Å². The zero-order valence-corrected chi connectivity index (χ0v) is 68.1. The first-order valence-electron chi connectivity index (χ1n) is 41.1. The Kier molecular flexibility index (Phi) is 74.3. The number of aliphatic hydroxyl groups is 1. The molecule has 0 amide bonds. The van der Waals surface area contributed by atoms with Crippen LogP contribution in [0.2, 0.25) is 0 Å². The van der Waals surface area contributed by atoms with Crippen LogP contribution in [0.5, 0.6) is 0 Å². The van der Waals surface area contributed by atoms with Crippen molar-refractivity contribution in [2.75, 3.05) is 39.6 Å². The summed E-state index contributed by atoms with van der Waals surface area (Å²) in [6.45, 7) is 4.48. The van der Waals surface area contributed by atoms with E-state index in [2.05, 4.69) is 174 Å². The summed E-state index contributed by atoms with van der Waals surface area (Å²) in [5.41, 5.74) is 0. The van der Waals surface area contributed by atoms with Crippen molar-refractivity contribution in [3.05, 3.63) is 146 Å². The van der Waals surface area contributed by atoms with E-state index in [-0.39, 0.29) is 25.7 Å². The lowest BCUT2D eigenvalue weighted by Gasteiger charge is -2.21. The molecule has 5 unspecified atom stereocenters. The third-order valence-corrected chi connectivity index (χ3v) is 18.7. The van der Waals surface area contributed by atoms with Gasteiger partial charge in [-0.25, -0.2) is 9.13 Å². The number of ether oxygens (including phenoxy) is 4. The van der Waals surface area contributed by atoms with Crippen molar-refractivity contribution < 1.29 is 80.2 Å². The van der Waals surface area contributed by atoms with Crippen molar-refractivity contribution in [3.63, 3.8) is 0 Å². The summed E-state index contributed by atoms with van der Waals surface area (Å²) < 4.78 is 68.7. The smallest absolute Gasteiger partial charge is 0.462 e. The Labute approximate surface area is 643 Å². The second-order valence-electron chi connectivity index (χ2n) is 26.9. The predicted molar refractivity (Wildman–Crippen MR) is 436 cm³/mol. The van der Waals surface area contributed by atoms with E-state index in [9.17, 15) is 43.2 Å². The first-order chi connectivity index (χ1) is 51.7. The Morgan fingerprint density at radius 2 is 0.491 bits per heavy atom. The number of carbonyl (C=O) groups excluding carboxylic acids is 4. The van der Waals surface area contributed by atoms with E-state index in [1.54, 1.807) is 0 Å². The van der Waals surface area contributed by atoms with E-state index < -0.39 is 97.5 Å². The van der Waals surface area contributed by atoms with Gasteiger partial charge in [-0.05, 0) is 161 Å². The predicted octanol–water partition coefficient (Wildman–Crippen LogP) is 24.2. The number of phosphoric acid groups is 2. The molecule has 19 heteroatoms. The fraction of sp³-hybridized carbons (Fsp3) is 0.678. The third-order valence-electron chi connectivity index (χ3n) is 16.8. The standard InChI is InChI=1S/C87H146O17P2/c1-5-9-13-17-21-25-29-33-37-39-40-42-46-48-52-56-60-64-68-72-85(90)98-78-83(104-87(92)74-70-66-62-58-54-50-44-36-32-28-24-20-16-12-8-4)80-102-106(95,96)100-76-81(88)75-99-105(93,94)101-79-82(103-86(91)73-69-65-61-57-53-49-43-35-31-27-23-19-15-11-7-3)77-97-84(89)71-67-63-59-55-51-47-45-41-38-34-30-26-22-18-14-10-6-2/h9-11,13-15,21-23,25-27,33-38,40,42-44,48,52,81-83,88H,5-8,12,16-20,24,28-32,39,41,45-47,49-51,53-80H2,1-4H3,(H,93,94)(H,95,96)/b13-9-,14-10-,15-11-,25-21-,26-22-,27-23-,37-33-,38-34-,42-40-,43-35-,44-36-,52-48-. The molecular weight excluding hydrogens is 1380 g/mol. The number of hydrogen-bond acceptors (Lipinski definition) is 15. The van der Waals surface area contributed by atoms with Crippen LogP contribution in [0.3, 0.4) is 0 Å². The fourth-order valence-electron chi connectivity index (χ4n) is 10.6. The molecule has 17 nitrogen and oxygen atoms in total. The van der Waals surface area contributed by atoms with Crippen molar-refractivity contribution >= 4 is 39.5 Å². The molecule has 0 bridgehead atoms. The average molecular weight is 1530 g/mol. The molecule has 3 N–H and O–H groups in total. The highest BCUT2D eigenvalue weighted by atomic mass is 31.2. The van der Waals surface area contributed by atoms with E-state index in [1.807, 2.05) is 0 Å². The highest BCUT2D eigenvalue weighted by Crippen LogP contribution is 2.45. The van der Waals surface area contributed by atoms with Gasteiger partial charge in [-0.3, -0.25) is 37.3 Å². The molecule has 0 aromatic heterocycles. The van der Waals surface area contributed by atoms with Gasteiger partial charge in [0.15, 0.2) is 12.2 Å². The average Bonchev–Trinajstić information content (AvgIpc) is 0.909. The number of allylic oxidation sites excluding steroid dienone is 24. The highest BCUT2D eigenvalue weighted by Gasteiger charge is 2.30.